The first-order valence-electron chi connectivity index (χ1n) is 7.79. The van der Waals surface area contributed by atoms with E-state index in [-0.39, 0.29) is 17.0 Å². The number of nitrogens with zero attached hydrogens (tertiary/aromatic N) is 1. The molecule has 6 nitrogen and oxygen atoms in total. The van der Waals surface area contributed by atoms with Crippen LogP contribution in [0.15, 0.2) is 77.8 Å². The quantitative estimate of drug-likeness (QED) is 0.697. The maximum atomic E-state index is 12.4. The molecule has 26 heavy (non-hydrogen) atoms. The Kier molecular flexibility index (Phi) is 5.11. The lowest BCUT2D eigenvalue weighted by atomic mass is 10.1. The maximum absolute atomic E-state index is 12.4. The van der Waals surface area contributed by atoms with Gasteiger partial charge in [-0.05, 0) is 35.4 Å². The van der Waals surface area contributed by atoms with Crippen LogP contribution in [0.4, 0.5) is 0 Å². The Balaban J connectivity index is 1.74. The molecule has 0 radical (unpaired) electrons. The predicted molar refractivity (Wildman–Crippen MR) is 97.1 cm³/mol. The second-order valence-corrected chi connectivity index (χ2v) is 7.32. The summed E-state index contributed by atoms with van der Waals surface area (Å²) < 4.78 is 27.3. The zero-order valence-electron chi connectivity index (χ0n) is 13.7. The molecule has 0 aliphatic heterocycles. The molecule has 0 unspecified atom stereocenters. The first-order chi connectivity index (χ1) is 12.5. The molecule has 0 bridgehead atoms. The lowest BCUT2D eigenvalue weighted by Crippen LogP contribution is -2.23. The van der Waals surface area contributed by atoms with Gasteiger partial charge in [0.05, 0.1) is 22.7 Å². The van der Waals surface area contributed by atoms with Crippen molar-refractivity contribution in [2.75, 3.05) is 0 Å². The largest absolute Gasteiger partial charge is 0.478 e. The fourth-order valence-corrected chi connectivity index (χ4v) is 3.42. The zero-order valence-corrected chi connectivity index (χ0v) is 14.5. The van der Waals surface area contributed by atoms with Crippen LogP contribution < -0.4 is 4.72 Å². The maximum Gasteiger partial charge on any atom is 0.335 e. The van der Waals surface area contributed by atoms with Gasteiger partial charge in [0.25, 0.3) is 0 Å². The number of hydrogen-bond donors (Lipinski definition) is 2. The van der Waals surface area contributed by atoms with Crippen molar-refractivity contribution in [3.8, 4) is 11.1 Å². The normalized spacial score (nSPS) is 11.2. The van der Waals surface area contributed by atoms with E-state index in [2.05, 4.69) is 9.71 Å². The summed E-state index contributed by atoms with van der Waals surface area (Å²) in [6.07, 6.45) is 1.34. The third-order valence-electron chi connectivity index (χ3n) is 3.78. The summed E-state index contributed by atoms with van der Waals surface area (Å²) in [5.74, 6) is -1.09. The first kappa shape index (κ1) is 17.8. The Morgan fingerprint density at radius 3 is 2.27 bits per heavy atom. The molecule has 7 heteroatoms. The molecule has 0 atom stereocenters. The smallest absolute Gasteiger partial charge is 0.335 e. The molecule has 0 aliphatic rings. The standard InChI is InChI=1S/C19H16N2O4S/c22-19(23)16-10-11-20-17(12-16)13-21-26(24,25)18-8-6-15(7-9-18)14-4-2-1-3-5-14/h1-12,21H,13H2,(H,22,23). The van der Waals surface area contributed by atoms with Crippen LogP contribution in [0.25, 0.3) is 11.1 Å². The minimum atomic E-state index is -3.73. The van der Waals surface area contributed by atoms with Gasteiger partial charge in [-0.1, -0.05) is 42.5 Å². The van der Waals surface area contributed by atoms with Gasteiger partial charge in [-0.3, -0.25) is 4.98 Å². The summed E-state index contributed by atoms with van der Waals surface area (Å²) in [7, 11) is -3.73. The van der Waals surface area contributed by atoms with Gasteiger partial charge < -0.3 is 5.11 Å². The van der Waals surface area contributed by atoms with Crippen LogP contribution in [-0.4, -0.2) is 24.5 Å². The van der Waals surface area contributed by atoms with Crippen molar-refractivity contribution in [1.29, 1.82) is 0 Å². The van der Waals surface area contributed by atoms with Gasteiger partial charge in [0.1, 0.15) is 0 Å². The molecule has 2 N–H and O–H groups in total. The average Bonchev–Trinajstić information content (AvgIpc) is 2.67. The van der Waals surface area contributed by atoms with Crippen molar-refractivity contribution in [1.82, 2.24) is 9.71 Å². The van der Waals surface area contributed by atoms with Gasteiger partial charge in [-0.2, -0.15) is 0 Å². The third-order valence-corrected chi connectivity index (χ3v) is 5.20. The van der Waals surface area contributed by atoms with Gasteiger partial charge in [-0.25, -0.2) is 17.9 Å². The van der Waals surface area contributed by atoms with Crippen LogP contribution in [0.3, 0.4) is 0 Å². The summed E-state index contributed by atoms with van der Waals surface area (Å²) in [5.41, 5.74) is 2.30. The van der Waals surface area contributed by atoms with Crippen LogP contribution in [0.2, 0.25) is 0 Å². The number of carboxylic acid groups (broad SMARTS) is 1. The molecule has 0 amide bonds. The second kappa shape index (κ2) is 7.47. The van der Waals surface area contributed by atoms with Crippen molar-refractivity contribution < 1.29 is 18.3 Å². The lowest BCUT2D eigenvalue weighted by Gasteiger charge is -2.08. The molecule has 2 aromatic carbocycles. The van der Waals surface area contributed by atoms with E-state index >= 15 is 0 Å². The van der Waals surface area contributed by atoms with Crippen molar-refractivity contribution in [3.05, 3.63) is 84.2 Å². The third kappa shape index (κ3) is 4.14. The molecule has 0 saturated heterocycles. The molecule has 0 spiro atoms. The van der Waals surface area contributed by atoms with E-state index in [1.54, 1.807) is 12.1 Å². The van der Waals surface area contributed by atoms with E-state index < -0.39 is 16.0 Å². The number of sulfonamides is 1. The van der Waals surface area contributed by atoms with Gasteiger partial charge >= 0.3 is 5.97 Å². The average molecular weight is 368 g/mol. The molecule has 3 aromatic rings. The van der Waals surface area contributed by atoms with E-state index in [0.717, 1.165) is 11.1 Å². The SMILES string of the molecule is O=C(O)c1ccnc(CNS(=O)(=O)c2ccc(-c3ccccc3)cc2)c1. The number of rotatable bonds is 6. The van der Waals surface area contributed by atoms with E-state index in [4.69, 9.17) is 5.11 Å². The Hall–Kier alpha value is -3.03. The Labute approximate surface area is 151 Å². The highest BCUT2D eigenvalue weighted by molar-refractivity contribution is 7.89. The molecule has 1 heterocycles. The van der Waals surface area contributed by atoms with Crippen LogP contribution in [0.1, 0.15) is 16.1 Å². The summed E-state index contributed by atoms with van der Waals surface area (Å²) in [6.45, 7) is -0.0934. The van der Waals surface area contributed by atoms with Gasteiger partial charge in [0.15, 0.2) is 0 Å². The monoisotopic (exact) mass is 368 g/mol. The van der Waals surface area contributed by atoms with E-state index in [9.17, 15) is 13.2 Å². The molecule has 1 aromatic heterocycles. The van der Waals surface area contributed by atoms with E-state index in [1.807, 2.05) is 30.3 Å². The Bertz CT molecular complexity index is 1020. The highest BCUT2D eigenvalue weighted by Gasteiger charge is 2.14. The molecule has 132 valence electrons. The molecular formula is C19H16N2O4S. The van der Waals surface area contributed by atoms with Crippen molar-refractivity contribution in [2.45, 2.75) is 11.4 Å². The van der Waals surface area contributed by atoms with Gasteiger partial charge in [-0.15, -0.1) is 0 Å². The van der Waals surface area contributed by atoms with Crippen molar-refractivity contribution in [2.24, 2.45) is 0 Å². The van der Waals surface area contributed by atoms with Gasteiger partial charge in [0, 0.05) is 6.20 Å². The van der Waals surface area contributed by atoms with Crippen molar-refractivity contribution >= 4 is 16.0 Å². The topological polar surface area (TPSA) is 96.4 Å². The number of aromatic carboxylic acids is 1. The molecule has 0 aliphatic carbocycles. The summed E-state index contributed by atoms with van der Waals surface area (Å²) in [6, 6.07) is 18.9. The van der Waals surface area contributed by atoms with Crippen LogP contribution in [0, 0.1) is 0 Å². The summed E-state index contributed by atoms with van der Waals surface area (Å²) >= 11 is 0. The number of aromatic nitrogens is 1. The lowest BCUT2D eigenvalue weighted by molar-refractivity contribution is 0.0696. The number of carbonyl (C=O) groups is 1. The summed E-state index contributed by atoms with van der Waals surface area (Å²) in [4.78, 5) is 15.1. The Morgan fingerprint density at radius 2 is 1.62 bits per heavy atom. The minimum absolute atomic E-state index is 0.0569. The minimum Gasteiger partial charge on any atom is -0.478 e. The molecule has 0 saturated carbocycles. The van der Waals surface area contributed by atoms with Crippen LogP contribution >= 0.6 is 0 Å². The van der Waals surface area contributed by atoms with E-state index in [1.165, 1.54) is 30.5 Å². The van der Waals surface area contributed by atoms with E-state index in [0.29, 0.717) is 5.69 Å². The van der Waals surface area contributed by atoms with Crippen molar-refractivity contribution in [3.63, 3.8) is 0 Å². The highest BCUT2D eigenvalue weighted by atomic mass is 32.2. The molecule has 3 rings (SSSR count). The second-order valence-electron chi connectivity index (χ2n) is 5.56. The molecule has 0 fully saturated rings. The highest BCUT2D eigenvalue weighted by Crippen LogP contribution is 2.21. The first-order valence-corrected chi connectivity index (χ1v) is 9.27. The fraction of sp³-hybridized carbons (Fsp3) is 0.0526. The number of hydrogen-bond acceptors (Lipinski definition) is 4. The number of carboxylic acids is 1. The Morgan fingerprint density at radius 1 is 0.962 bits per heavy atom. The number of nitrogens with one attached hydrogen (secondary N) is 1. The fourth-order valence-electron chi connectivity index (χ4n) is 2.42. The number of pyridine rings is 1. The van der Waals surface area contributed by atoms with Crippen LogP contribution in [0.5, 0.6) is 0 Å². The van der Waals surface area contributed by atoms with Gasteiger partial charge in [0.2, 0.25) is 10.0 Å². The zero-order chi connectivity index (χ0) is 18.6. The predicted octanol–water partition coefficient (Wildman–Crippen LogP) is 2.93. The van der Waals surface area contributed by atoms with Crippen LogP contribution in [-0.2, 0) is 16.6 Å². The summed E-state index contributed by atoms with van der Waals surface area (Å²) in [5, 5.41) is 8.97. The molecular weight excluding hydrogens is 352 g/mol. The number of benzene rings is 2.